The molecule has 1 unspecified atom stereocenters. The van der Waals surface area contributed by atoms with E-state index in [1.807, 2.05) is 0 Å². The molecule has 1 aliphatic rings. The summed E-state index contributed by atoms with van der Waals surface area (Å²) in [7, 11) is -1.32. The first-order valence-electron chi connectivity index (χ1n) is 5.06. The Labute approximate surface area is 88.6 Å². The van der Waals surface area contributed by atoms with E-state index in [2.05, 4.69) is 5.32 Å². The molecule has 86 valence electrons. The minimum atomic E-state index is -1.32. The topological polar surface area (TPSA) is 116 Å². The summed E-state index contributed by atoms with van der Waals surface area (Å²) in [5, 5.41) is 29.3. The summed E-state index contributed by atoms with van der Waals surface area (Å²) in [5.74, 6) is -1.14. The van der Waals surface area contributed by atoms with Gasteiger partial charge in [0.25, 0.3) is 0 Å². The summed E-state index contributed by atoms with van der Waals surface area (Å²) in [6, 6.07) is 0. The summed E-state index contributed by atoms with van der Waals surface area (Å²) < 4.78 is 0. The van der Waals surface area contributed by atoms with Crippen LogP contribution >= 0.6 is 0 Å². The van der Waals surface area contributed by atoms with Crippen molar-refractivity contribution in [2.24, 2.45) is 11.7 Å². The van der Waals surface area contributed by atoms with Crippen LogP contribution in [0.15, 0.2) is 0 Å². The molecule has 0 aliphatic carbocycles. The molecule has 1 rings (SSSR count). The largest absolute Gasteiger partial charge is 0.480 e. The van der Waals surface area contributed by atoms with Gasteiger partial charge in [-0.25, -0.2) is 0 Å². The van der Waals surface area contributed by atoms with Crippen LogP contribution in [-0.4, -0.2) is 46.9 Å². The molecule has 6 nitrogen and oxygen atoms in total. The van der Waals surface area contributed by atoms with Crippen LogP contribution in [0.25, 0.3) is 0 Å². The molecule has 6 N–H and O–H groups in total. The van der Waals surface area contributed by atoms with Crippen LogP contribution in [0.1, 0.15) is 12.8 Å². The maximum atomic E-state index is 11.0. The number of rotatable bonds is 5. The predicted molar refractivity (Wildman–Crippen MR) is 55.1 cm³/mol. The van der Waals surface area contributed by atoms with Crippen molar-refractivity contribution >= 4 is 13.1 Å². The minimum absolute atomic E-state index is 0.145. The Morgan fingerprint density at radius 2 is 2.27 bits per heavy atom. The third-order valence-corrected chi connectivity index (χ3v) is 2.95. The maximum absolute atomic E-state index is 11.0. The number of aliphatic carboxylic acids is 1. The van der Waals surface area contributed by atoms with Crippen LogP contribution in [0.3, 0.4) is 0 Å². The zero-order chi connectivity index (χ0) is 11.5. The van der Waals surface area contributed by atoms with Crippen LogP contribution in [0.5, 0.6) is 0 Å². The second kappa shape index (κ2) is 4.93. The highest BCUT2D eigenvalue weighted by Crippen LogP contribution is 2.25. The molecule has 1 fully saturated rings. The molecule has 7 heteroatoms. The summed E-state index contributed by atoms with van der Waals surface area (Å²) in [4.78, 5) is 11.0. The zero-order valence-electron chi connectivity index (χ0n) is 8.52. The first-order chi connectivity index (χ1) is 6.97. The van der Waals surface area contributed by atoms with Crippen LogP contribution < -0.4 is 11.1 Å². The zero-order valence-corrected chi connectivity index (χ0v) is 8.52. The smallest absolute Gasteiger partial charge is 0.451 e. The van der Waals surface area contributed by atoms with E-state index in [9.17, 15) is 4.79 Å². The normalized spacial score (nSPS) is 30.5. The summed E-state index contributed by atoms with van der Waals surface area (Å²) in [6.07, 6.45) is 1.41. The van der Waals surface area contributed by atoms with Crippen molar-refractivity contribution in [3.63, 3.8) is 0 Å². The van der Waals surface area contributed by atoms with E-state index < -0.39 is 18.6 Å². The predicted octanol–water partition coefficient (Wildman–Crippen LogP) is -1.76. The highest BCUT2D eigenvalue weighted by atomic mass is 16.4. The highest BCUT2D eigenvalue weighted by Gasteiger charge is 2.45. The van der Waals surface area contributed by atoms with Crippen LogP contribution in [0.2, 0.25) is 6.32 Å². The highest BCUT2D eigenvalue weighted by molar-refractivity contribution is 6.40. The molecule has 0 amide bonds. The van der Waals surface area contributed by atoms with Crippen molar-refractivity contribution in [2.45, 2.75) is 24.7 Å². The average Bonchev–Trinajstić information content (AvgIpc) is 2.49. The van der Waals surface area contributed by atoms with Crippen molar-refractivity contribution in [1.29, 1.82) is 0 Å². The quantitative estimate of drug-likeness (QED) is 0.348. The second-order valence-corrected chi connectivity index (χ2v) is 4.08. The third kappa shape index (κ3) is 2.91. The van der Waals surface area contributed by atoms with Gasteiger partial charge in [0.15, 0.2) is 0 Å². The van der Waals surface area contributed by atoms with E-state index in [0.29, 0.717) is 19.4 Å². The molecule has 1 saturated heterocycles. The van der Waals surface area contributed by atoms with Gasteiger partial charge in [0.05, 0.1) is 0 Å². The van der Waals surface area contributed by atoms with Gasteiger partial charge in [0.1, 0.15) is 5.54 Å². The van der Waals surface area contributed by atoms with Crippen LogP contribution in [-0.2, 0) is 4.79 Å². The van der Waals surface area contributed by atoms with Crippen molar-refractivity contribution in [3.05, 3.63) is 0 Å². The molecule has 0 aromatic heterocycles. The van der Waals surface area contributed by atoms with Gasteiger partial charge in [-0.05, 0) is 12.7 Å². The Balaban J connectivity index is 2.43. The summed E-state index contributed by atoms with van der Waals surface area (Å²) in [5.41, 5.74) is 4.57. The van der Waals surface area contributed by atoms with Crippen molar-refractivity contribution in [2.75, 3.05) is 13.1 Å². The van der Waals surface area contributed by atoms with Crippen LogP contribution in [0.4, 0.5) is 0 Å². The van der Waals surface area contributed by atoms with Gasteiger partial charge < -0.3 is 26.2 Å². The van der Waals surface area contributed by atoms with E-state index in [0.717, 1.165) is 0 Å². The summed E-state index contributed by atoms with van der Waals surface area (Å²) in [6.45, 7) is 0.846. The molecule has 0 radical (unpaired) electrons. The molecular weight excluding hydrogens is 199 g/mol. The Bertz CT molecular complexity index is 239. The lowest BCUT2D eigenvalue weighted by molar-refractivity contribution is -0.144. The standard InChI is InChI=1S/C8H17BN2O4/c10-8(7(12)13)5-11-4-6(8)2-1-3-9(14)15/h6,11,14-15H,1-5,10H2,(H,12,13)/t6?,8-/m0/s1. The van der Waals surface area contributed by atoms with Gasteiger partial charge in [-0.3, -0.25) is 4.79 Å². The monoisotopic (exact) mass is 216 g/mol. The Morgan fingerprint density at radius 1 is 1.60 bits per heavy atom. The van der Waals surface area contributed by atoms with Gasteiger partial charge in [-0.1, -0.05) is 6.42 Å². The van der Waals surface area contributed by atoms with E-state index in [1.54, 1.807) is 0 Å². The van der Waals surface area contributed by atoms with E-state index in [1.165, 1.54) is 0 Å². The SMILES string of the molecule is N[C@@]1(C(=O)O)CNCC1CCCB(O)O. The van der Waals surface area contributed by atoms with E-state index in [4.69, 9.17) is 20.9 Å². The first kappa shape index (κ1) is 12.4. The lowest BCUT2D eigenvalue weighted by Gasteiger charge is -2.25. The molecule has 0 aromatic rings. The maximum Gasteiger partial charge on any atom is 0.451 e. The molecule has 0 spiro atoms. The van der Waals surface area contributed by atoms with Gasteiger partial charge >= 0.3 is 13.1 Å². The Hall–Kier alpha value is -0.625. The van der Waals surface area contributed by atoms with Gasteiger partial charge in [-0.2, -0.15) is 0 Å². The van der Waals surface area contributed by atoms with Crippen molar-refractivity contribution < 1.29 is 19.9 Å². The lowest BCUT2D eigenvalue weighted by atomic mass is 9.78. The lowest BCUT2D eigenvalue weighted by Crippen LogP contribution is -2.54. The molecule has 15 heavy (non-hydrogen) atoms. The fourth-order valence-electron chi connectivity index (χ4n) is 1.94. The Kier molecular flexibility index (Phi) is 4.09. The minimum Gasteiger partial charge on any atom is -0.480 e. The molecule has 1 aliphatic heterocycles. The fourth-order valence-corrected chi connectivity index (χ4v) is 1.94. The van der Waals surface area contributed by atoms with E-state index in [-0.39, 0.29) is 18.8 Å². The fraction of sp³-hybridized carbons (Fsp3) is 0.875. The molecule has 0 saturated carbocycles. The van der Waals surface area contributed by atoms with Crippen molar-refractivity contribution in [1.82, 2.24) is 5.32 Å². The molecule has 0 bridgehead atoms. The average molecular weight is 216 g/mol. The summed E-state index contributed by atoms with van der Waals surface area (Å²) >= 11 is 0. The van der Waals surface area contributed by atoms with Gasteiger partial charge in [0.2, 0.25) is 0 Å². The number of hydrogen-bond donors (Lipinski definition) is 5. The number of carboxylic acids is 1. The van der Waals surface area contributed by atoms with E-state index >= 15 is 0 Å². The molecular formula is C8H17BN2O4. The first-order valence-corrected chi connectivity index (χ1v) is 5.06. The number of nitrogens with two attached hydrogens (primary N) is 1. The second-order valence-electron chi connectivity index (χ2n) is 4.08. The number of nitrogens with one attached hydrogen (secondary N) is 1. The molecule has 1 heterocycles. The number of carbonyl (C=O) groups is 1. The Morgan fingerprint density at radius 3 is 2.80 bits per heavy atom. The number of carboxylic acid groups (broad SMARTS) is 1. The third-order valence-electron chi connectivity index (χ3n) is 2.95. The molecule has 2 atom stereocenters. The van der Waals surface area contributed by atoms with Gasteiger partial charge in [0, 0.05) is 19.0 Å². The number of hydrogen-bond acceptors (Lipinski definition) is 5. The molecule has 0 aromatic carbocycles. The van der Waals surface area contributed by atoms with Crippen molar-refractivity contribution in [3.8, 4) is 0 Å². The van der Waals surface area contributed by atoms with Gasteiger partial charge in [-0.15, -0.1) is 0 Å². The van der Waals surface area contributed by atoms with Crippen LogP contribution in [0, 0.1) is 5.92 Å².